The zero-order valence-corrected chi connectivity index (χ0v) is 11.4. The SMILES string of the molecule is Nc1ncc(Br)cc1S(=O)(=O)NCc1ccno1. The molecule has 0 saturated carbocycles. The van der Waals surface area contributed by atoms with Crippen LogP contribution in [-0.2, 0) is 16.6 Å². The molecule has 0 radical (unpaired) electrons. The number of aromatic nitrogens is 2. The zero-order chi connectivity index (χ0) is 13.2. The lowest BCUT2D eigenvalue weighted by Crippen LogP contribution is -2.24. The number of nitrogens with zero attached hydrogens (tertiary/aromatic N) is 2. The van der Waals surface area contributed by atoms with Gasteiger partial charge in [-0.15, -0.1) is 0 Å². The molecule has 0 aromatic carbocycles. The smallest absolute Gasteiger partial charge is 0.244 e. The largest absolute Gasteiger partial charge is 0.383 e. The molecule has 96 valence electrons. The van der Waals surface area contributed by atoms with Crippen molar-refractivity contribution in [3.8, 4) is 0 Å². The summed E-state index contributed by atoms with van der Waals surface area (Å²) in [5.41, 5.74) is 5.54. The van der Waals surface area contributed by atoms with Crippen LogP contribution in [0.15, 0.2) is 38.4 Å². The fourth-order valence-electron chi connectivity index (χ4n) is 1.22. The summed E-state index contributed by atoms with van der Waals surface area (Å²) in [5.74, 6) is 0.336. The lowest BCUT2D eigenvalue weighted by Gasteiger charge is -2.07. The molecule has 0 fully saturated rings. The molecule has 0 spiro atoms. The highest BCUT2D eigenvalue weighted by molar-refractivity contribution is 9.10. The topological polar surface area (TPSA) is 111 Å². The van der Waals surface area contributed by atoms with Crippen LogP contribution in [0, 0.1) is 0 Å². The highest BCUT2D eigenvalue weighted by Gasteiger charge is 2.19. The Balaban J connectivity index is 2.22. The quantitative estimate of drug-likeness (QED) is 0.860. The fraction of sp³-hybridized carbons (Fsp3) is 0.111. The Hall–Kier alpha value is -1.45. The lowest BCUT2D eigenvalue weighted by molar-refractivity contribution is 0.380. The number of hydrogen-bond acceptors (Lipinski definition) is 6. The molecule has 3 N–H and O–H groups in total. The van der Waals surface area contributed by atoms with Crippen LogP contribution in [0.3, 0.4) is 0 Å². The molecule has 2 aromatic rings. The molecule has 18 heavy (non-hydrogen) atoms. The van der Waals surface area contributed by atoms with Crippen LogP contribution in [0.25, 0.3) is 0 Å². The first-order valence-corrected chi connectivity index (χ1v) is 7.07. The Morgan fingerprint density at radius 3 is 2.94 bits per heavy atom. The molecule has 7 nitrogen and oxygen atoms in total. The van der Waals surface area contributed by atoms with E-state index in [2.05, 4.69) is 30.8 Å². The van der Waals surface area contributed by atoms with Crippen molar-refractivity contribution < 1.29 is 12.9 Å². The molecular weight excluding hydrogens is 324 g/mol. The van der Waals surface area contributed by atoms with Gasteiger partial charge in [0.15, 0.2) is 5.76 Å². The second-order valence-electron chi connectivity index (χ2n) is 3.34. The van der Waals surface area contributed by atoms with Gasteiger partial charge in [-0.2, -0.15) is 0 Å². The van der Waals surface area contributed by atoms with Gasteiger partial charge in [-0.3, -0.25) is 0 Å². The minimum atomic E-state index is -3.74. The molecule has 0 aliphatic rings. The van der Waals surface area contributed by atoms with Crippen LogP contribution in [0.1, 0.15) is 5.76 Å². The molecule has 2 rings (SSSR count). The minimum Gasteiger partial charge on any atom is -0.383 e. The van der Waals surface area contributed by atoms with Gasteiger partial charge in [0, 0.05) is 16.7 Å². The zero-order valence-electron chi connectivity index (χ0n) is 9.00. The first-order chi connectivity index (χ1) is 8.49. The van der Waals surface area contributed by atoms with Crippen molar-refractivity contribution >= 4 is 31.8 Å². The Morgan fingerprint density at radius 2 is 2.28 bits per heavy atom. The summed E-state index contributed by atoms with van der Waals surface area (Å²) in [7, 11) is -3.74. The van der Waals surface area contributed by atoms with Crippen LogP contribution < -0.4 is 10.5 Å². The molecule has 0 atom stereocenters. The molecule has 9 heteroatoms. The van der Waals surface area contributed by atoms with E-state index in [0.29, 0.717) is 10.2 Å². The molecule has 2 heterocycles. The van der Waals surface area contributed by atoms with Crippen molar-refractivity contribution in [1.82, 2.24) is 14.9 Å². The predicted octanol–water partition coefficient (Wildman–Crippen LogP) is 0.893. The summed E-state index contributed by atoms with van der Waals surface area (Å²) in [4.78, 5) is 3.68. The average Bonchev–Trinajstić information content (AvgIpc) is 2.83. The molecule has 0 bridgehead atoms. The Labute approximate surface area is 112 Å². The summed E-state index contributed by atoms with van der Waals surface area (Å²) in [6.45, 7) is -0.00567. The van der Waals surface area contributed by atoms with E-state index in [0.717, 1.165) is 0 Å². The molecule has 0 aliphatic heterocycles. The molecule has 2 aromatic heterocycles. The van der Waals surface area contributed by atoms with E-state index in [1.807, 2.05) is 0 Å². The van der Waals surface area contributed by atoms with E-state index in [-0.39, 0.29) is 17.3 Å². The Morgan fingerprint density at radius 1 is 1.50 bits per heavy atom. The number of hydrogen-bond donors (Lipinski definition) is 2. The lowest BCUT2D eigenvalue weighted by atomic mass is 10.5. The number of rotatable bonds is 4. The summed E-state index contributed by atoms with van der Waals surface area (Å²) < 4.78 is 31.6. The second-order valence-corrected chi connectivity index (χ2v) is 5.99. The summed E-state index contributed by atoms with van der Waals surface area (Å²) in [6, 6.07) is 2.94. The van der Waals surface area contributed by atoms with Gasteiger partial charge in [-0.05, 0) is 22.0 Å². The van der Waals surface area contributed by atoms with Crippen molar-refractivity contribution in [3.05, 3.63) is 34.8 Å². The van der Waals surface area contributed by atoms with Gasteiger partial charge in [-0.1, -0.05) is 5.16 Å². The second kappa shape index (κ2) is 5.04. The van der Waals surface area contributed by atoms with Crippen LogP contribution >= 0.6 is 15.9 Å². The van der Waals surface area contributed by atoms with Crippen molar-refractivity contribution in [2.75, 3.05) is 5.73 Å². The summed E-state index contributed by atoms with van der Waals surface area (Å²) in [5, 5.41) is 3.47. The number of nitrogens with one attached hydrogen (secondary N) is 1. The number of halogens is 1. The normalized spacial score (nSPS) is 11.6. The third-order valence-corrected chi connectivity index (χ3v) is 3.93. The van der Waals surface area contributed by atoms with Gasteiger partial charge < -0.3 is 10.3 Å². The van der Waals surface area contributed by atoms with E-state index >= 15 is 0 Å². The van der Waals surface area contributed by atoms with E-state index in [4.69, 9.17) is 10.3 Å². The van der Waals surface area contributed by atoms with Gasteiger partial charge in [-0.25, -0.2) is 18.1 Å². The van der Waals surface area contributed by atoms with Gasteiger partial charge >= 0.3 is 0 Å². The van der Waals surface area contributed by atoms with Crippen LogP contribution in [0.2, 0.25) is 0 Å². The van der Waals surface area contributed by atoms with Crippen molar-refractivity contribution in [1.29, 1.82) is 0 Å². The van der Waals surface area contributed by atoms with Crippen LogP contribution in [0.4, 0.5) is 5.82 Å². The third-order valence-electron chi connectivity index (χ3n) is 2.07. The van der Waals surface area contributed by atoms with Gasteiger partial charge in [0.25, 0.3) is 0 Å². The first kappa shape index (κ1) is 13.0. The maximum absolute atomic E-state index is 12.0. The highest BCUT2D eigenvalue weighted by Crippen LogP contribution is 2.20. The summed E-state index contributed by atoms with van der Waals surface area (Å²) >= 11 is 3.14. The molecule has 0 unspecified atom stereocenters. The minimum absolute atomic E-state index is 0.00567. The van der Waals surface area contributed by atoms with Crippen LogP contribution in [-0.4, -0.2) is 18.6 Å². The number of sulfonamides is 1. The monoisotopic (exact) mass is 332 g/mol. The molecule has 0 amide bonds. The first-order valence-electron chi connectivity index (χ1n) is 4.79. The van der Waals surface area contributed by atoms with E-state index in [9.17, 15) is 8.42 Å². The third kappa shape index (κ3) is 2.86. The Kier molecular flexibility index (Phi) is 3.64. The van der Waals surface area contributed by atoms with Crippen molar-refractivity contribution in [2.45, 2.75) is 11.4 Å². The maximum Gasteiger partial charge on any atom is 0.244 e. The van der Waals surface area contributed by atoms with Gasteiger partial charge in [0.1, 0.15) is 10.7 Å². The maximum atomic E-state index is 12.0. The van der Waals surface area contributed by atoms with E-state index < -0.39 is 10.0 Å². The van der Waals surface area contributed by atoms with Crippen LogP contribution in [0.5, 0.6) is 0 Å². The highest BCUT2D eigenvalue weighted by atomic mass is 79.9. The van der Waals surface area contributed by atoms with E-state index in [1.165, 1.54) is 18.5 Å². The Bertz CT molecular complexity index is 642. The standard InChI is InChI=1S/C9H9BrN4O3S/c10-6-3-8(9(11)12-4-6)18(15,16)14-5-7-1-2-13-17-7/h1-4,14H,5H2,(H2,11,12). The predicted molar refractivity (Wildman–Crippen MR) is 66.9 cm³/mol. The fourth-order valence-corrected chi connectivity index (χ4v) is 2.80. The number of nitrogen functional groups attached to an aromatic ring is 1. The average molecular weight is 333 g/mol. The molecule has 0 aliphatic carbocycles. The van der Waals surface area contributed by atoms with E-state index in [1.54, 1.807) is 6.07 Å². The van der Waals surface area contributed by atoms with Crippen molar-refractivity contribution in [2.24, 2.45) is 0 Å². The summed E-state index contributed by atoms with van der Waals surface area (Å²) in [6.07, 6.45) is 2.85. The molecular formula is C9H9BrN4O3S. The number of nitrogens with two attached hydrogens (primary N) is 1. The van der Waals surface area contributed by atoms with Gasteiger partial charge in [0.2, 0.25) is 10.0 Å². The number of pyridine rings is 1. The molecule has 0 saturated heterocycles. The number of anilines is 1. The van der Waals surface area contributed by atoms with Gasteiger partial charge in [0.05, 0.1) is 12.7 Å². The van der Waals surface area contributed by atoms with Crippen molar-refractivity contribution in [3.63, 3.8) is 0 Å².